The minimum Gasteiger partial charge on any atom is -0.408 e. The van der Waals surface area contributed by atoms with Crippen LogP contribution in [0.4, 0.5) is 5.13 Å². The number of oxazole rings is 1. The summed E-state index contributed by atoms with van der Waals surface area (Å²) in [6.45, 7) is 2.06. The van der Waals surface area contributed by atoms with Crippen LogP contribution in [0.2, 0.25) is 0 Å². The molecule has 0 saturated carbocycles. The highest BCUT2D eigenvalue weighted by Gasteiger charge is 2.25. The summed E-state index contributed by atoms with van der Waals surface area (Å²) in [6.07, 6.45) is 1.25. The van der Waals surface area contributed by atoms with Gasteiger partial charge in [0.25, 0.3) is 10.0 Å². The van der Waals surface area contributed by atoms with Crippen molar-refractivity contribution in [3.05, 3.63) is 68.9 Å². The van der Waals surface area contributed by atoms with Gasteiger partial charge < -0.3 is 10.2 Å². The van der Waals surface area contributed by atoms with E-state index in [9.17, 15) is 13.2 Å². The summed E-state index contributed by atoms with van der Waals surface area (Å²) in [5.41, 5.74) is 7.61. The molecule has 0 aliphatic heterocycles. The van der Waals surface area contributed by atoms with Crippen molar-refractivity contribution in [1.82, 2.24) is 13.9 Å². The molecule has 2 aromatic carbocycles. The average molecular weight is 534 g/mol. The Morgan fingerprint density at radius 3 is 2.84 bits per heavy atom. The maximum Gasteiger partial charge on any atom is 0.420 e. The zero-order valence-electron chi connectivity index (χ0n) is 16.6. The van der Waals surface area contributed by atoms with Crippen LogP contribution < -0.4 is 16.2 Å². The predicted octanol–water partition coefficient (Wildman–Crippen LogP) is 2.93. The van der Waals surface area contributed by atoms with E-state index in [1.165, 1.54) is 17.0 Å². The molecule has 4 aromatic rings. The monoisotopic (exact) mass is 533 g/mol. The van der Waals surface area contributed by atoms with Gasteiger partial charge in [0.15, 0.2) is 5.58 Å². The normalized spacial score (nSPS) is 12.3. The Morgan fingerprint density at radius 2 is 2.12 bits per heavy atom. The minimum absolute atomic E-state index is 0.0945. The van der Waals surface area contributed by atoms with Gasteiger partial charge in [0.05, 0.1) is 18.1 Å². The minimum atomic E-state index is -3.99. The summed E-state index contributed by atoms with van der Waals surface area (Å²) in [5.74, 6) is 5.22. The van der Waals surface area contributed by atoms with Gasteiger partial charge in [-0.05, 0) is 40.5 Å². The van der Waals surface area contributed by atoms with Crippen molar-refractivity contribution in [3.63, 3.8) is 0 Å². The second-order valence-corrected chi connectivity index (χ2v) is 9.89. The van der Waals surface area contributed by atoms with E-state index in [-0.39, 0.29) is 26.6 Å². The van der Waals surface area contributed by atoms with Crippen LogP contribution in [0.1, 0.15) is 24.1 Å². The first-order valence-electron chi connectivity index (χ1n) is 9.23. The van der Waals surface area contributed by atoms with E-state index in [4.69, 9.17) is 10.2 Å². The number of aromatic nitrogens is 3. The van der Waals surface area contributed by atoms with Crippen molar-refractivity contribution in [2.24, 2.45) is 5.73 Å². The molecule has 0 spiro atoms. The molecule has 0 saturated heterocycles. The number of sulfonamides is 1. The van der Waals surface area contributed by atoms with Gasteiger partial charge in [0.1, 0.15) is 11.2 Å². The first kappa shape index (κ1) is 22.2. The molecule has 3 N–H and O–H groups in total. The molecule has 2 heterocycles. The van der Waals surface area contributed by atoms with Crippen LogP contribution in [0.3, 0.4) is 0 Å². The standard InChI is InChI=1S/C20H16BrN5O4S2/c1-12(14-7-3-2-5-13(14)6-4-8-22)26-16-9-15(21)18(10-17(16)30-20(26)27)32(28,29)25-19-23-11-24-31-19/h2-3,5,7,9-12H,8,22H2,1H3,(H,23,24,25)/t12-/m1/s1. The first-order chi connectivity index (χ1) is 15.3. The Hall–Kier alpha value is -2.98. The van der Waals surface area contributed by atoms with Crippen LogP contribution in [0, 0.1) is 11.8 Å². The fourth-order valence-electron chi connectivity index (χ4n) is 3.26. The quantitative estimate of drug-likeness (QED) is 0.376. The molecule has 164 valence electrons. The van der Waals surface area contributed by atoms with E-state index < -0.39 is 21.8 Å². The Balaban J connectivity index is 1.81. The van der Waals surface area contributed by atoms with Gasteiger partial charge in [-0.1, -0.05) is 30.0 Å². The van der Waals surface area contributed by atoms with E-state index in [0.29, 0.717) is 5.52 Å². The van der Waals surface area contributed by atoms with Crippen LogP contribution in [0.25, 0.3) is 11.1 Å². The lowest BCUT2D eigenvalue weighted by molar-refractivity contribution is 0.489. The van der Waals surface area contributed by atoms with Gasteiger partial charge in [-0.15, -0.1) is 0 Å². The summed E-state index contributed by atoms with van der Waals surface area (Å²) in [6, 6.07) is 9.84. The Kier molecular flexibility index (Phi) is 6.16. The number of halogens is 1. The smallest absolute Gasteiger partial charge is 0.408 e. The number of benzene rings is 2. The third-order valence-corrected chi connectivity index (χ3v) is 7.67. The van der Waals surface area contributed by atoms with Gasteiger partial charge >= 0.3 is 5.76 Å². The molecule has 4 rings (SSSR count). The van der Waals surface area contributed by atoms with Crippen molar-refractivity contribution < 1.29 is 12.8 Å². The number of nitrogens with zero attached hydrogens (tertiary/aromatic N) is 3. The van der Waals surface area contributed by atoms with E-state index in [1.54, 1.807) is 6.07 Å². The van der Waals surface area contributed by atoms with Crippen LogP contribution >= 0.6 is 27.5 Å². The number of nitrogens with two attached hydrogens (primary N) is 1. The van der Waals surface area contributed by atoms with Crippen LogP contribution in [0.5, 0.6) is 0 Å². The highest BCUT2D eigenvalue weighted by Crippen LogP contribution is 2.32. The molecule has 0 bridgehead atoms. The van der Waals surface area contributed by atoms with Crippen molar-refractivity contribution in [2.75, 3.05) is 11.3 Å². The van der Waals surface area contributed by atoms with Gasteiger partial charge in [-0.3, -0.25) is 9.29 Å². The Morgan fingerprint density at radius 1 is 1.34 bits per heavy atom. The fourth-order valence-corrected chi connectivity index (χ4v) is 5.96. The van der Waals surface area contributed by atoms with Gasteiger partial charge in [-0.2, -0.15) is 4.37 Å². The average Bonchev–Trinajstić information content (AvgIpc) is 3.37. The summed E-state index contributed by atoms with van der Waals surface area (Å²) in [5, 5.41) is 0.125. The molecule has 12 heteroatoms. The highest BCUT2D eigenvalue weighted by molar-refractivity contribution is 9.10. The molecule has 1 atom stereocenters. The van der Waals surface area contributed by atoms with E-state index in [1.807, 2.05) is 31.2 Å². The van der Waals surface area contributed by atoms with Crippen molar-refractivity contribution in [2.45, 2.75) is 17.9 Å². The molecule has 0 fully saturated rings. The van der Waals surface area contributed by atoms with Crippen molar-refractivity contribution >= 4 is 53.7 Å². The van der Waals surface area contributed by atoms with Gasteiger partial charge in [0, 0.05) is 27.6 Å². The second-order valence-electron chi connectivity index (χ2n) is 6.61. The van der Waals surface area contributed by atoms with Gasteiger partial charge in [-0.25, -0.2) is 18.2 Å². The zero-order valence-corrected chi connectivity index (χ0v) is 19.8. The second kappa shape index (κ2) is 8.87. The van der Waals surface area contributed by atoms with Crippen LogP contribution in [-0.2, 0) is 10.0 Å². The maximum atomic E-state index is 12.8. The lowest BCUT2D eigenvalue weighted by Gasteiger charge is -2.15. The van der Waals surface area contributed by atoms with Crippen LogP contribution in [-0.4, -0.2) is 28.9 Å². The SMILES string of the molecule is C[C@H](c1ccccc1C#CCN)n1c(=O)oc2cc(S(=O)(=O)Nc3ncns3)c(Br)cc21. The molecule has 0 amide bonds. The number of nitrogens with one attached hydrogen (secondary N) is 1. The zero-order chi connectivity index (χ0) is 22.9. The molecule has 0 radical (unpaired) electrons. The van der Waals surface area contributed by atoms with Crippen molar-refractivity contribution in [1.29, 1.82) is 0 Å². The molecular weight excluding hydrogens is 518 g/mol. The molecule has 0 unspecified atom stereocenters. The van der Waals surface area contributed by atoms with E-state index in [2.05, 4.69) is 41.9 Å². The molecule has 9 nitrogen and oxygen atoms in total. The predicted molar refractivity (Wildman–Crippen MR) is 125 cm³/mol. The summed E-state index contributed by atoms with van der Waals surface area (Å²) in [7, 11) is -3.99. The number of hydrogen-bond acceptors (Lipinski definition) is 8. The number of anilines is 1. The third kappa shape index (κ3) is 4.20. The number of hydrogen-bond donors (Lipinski definition) is 2. The van der Waals surface area contributed by atoms with Crippen molar-refractivity contribution in [3.8, 4) is 11.8 Å². The number of rotatable bonds is 5. The van der Waals surface area contributed by atoms with E-state index in [0.717, 1.165) is 22.7 Å². The Bertz CT molecular complexity index is 1520. The van der Waals surface area contributed by atoms with E-state index >= 15 is 0 Å². The lowest BCUT2D eigenvalue weighted by Crippen LogP contribution is -2.20. The molecule has 32 heavy (non-hydrogen) atoms. The highest BCUT2D eigenvalue weighted by atomic mass is 79.9. The lowest BCUT2D eigenvalue weighted by atomic mass is 10.0. The molecule has 2 aromatic heterocycles. The molecule has 0 aliphatic carbocycles. The summed E-state index contributed by atoms with van der Waals surface area (Å²) >= 11 is 4.22. The Labute approximate surface area is 195 Å². The largest absolute Gasteiger partial charge is 0.420 e. The van der Waals surface area contributed by atoms with Gasteiger partial charge in [0.2, 0.25) is 5.13 Å². The molecule has 0 aliphatic rings. The third-order valence-electron chi connectivity index (χ3n) is 4.66. The fraction of sp³-hybridized carbons (Fsp3) is 0.150. The summed E-state index contributed by atoms with van der Waals surface area (Å²) < 4.78 is 38.9. The number of fused-ring (bicyclic) bond motifs is 1. The first-order valence-corrected chi connectivity index (χ1v) is 12.3. The maximum absolute atomic E-state index is 12.8. The molecular formula is C20H16BrN5O4S2. The van der Waals surface area contributed by atoms with Crippen LogP contribution in [0.15, 0.2) is 61.3 Å². The topological polar surface area (TPSA) is 133 Å². The summed E-state index contributed by atoms with van der Waals surface area (Å²) in [4.78, 5) is 16.5.